The highest BCUT2D eigenvalue weighted by Crippen LogP contribution is 2.26. The number of nitrogens with zero attached hydrogens (tertiary/aromatic N) is 2. The number of rotatable bonds is 4. The first-order valence-corrected chi connectivity index (χ1v) is 9.71. The molecular weight excluding hydrogens is 320 g/mol. The van der Waals surface area contributed by atoms with Gasteiger partial charge in [-0.2, -0.15) is 5.10 Å². The van der Waals surface area contributed by atoms with E-state index >= 15 is 0 Å². The Morgan fingerprint density at radius 2 is 1.88 bits per heavy atom. The molecule has 0 fully saturated rings. The van der Waals surface area contributed by atoms with Gasteiger partial charge in [0.2, 0.25) is 0 Å². The second-order valence-electron chi connectivity index (χ2n) is 6.16. The Balaban J connectivity index is 1.63. The van der Waals surface area contributed by atoms with Crippen LogP contribution in [0.15, 0.2) is 65.8 Å². The van der Waals surface area contributed by atoms with E-state index in [9.17, 15) is 8.42 Å². The van der Waals surface area contributed by atoms with Crippen LogP contribution in [-0.4, -0.2) is 18.2 Å². The topological polar surface area (TPSA) is 52.0 Å². The number of sulfone groups is 1. The van der Waals surface area contributed by atoms with Crippen LogP contribution in [0.5, 0.6) is 0 Å². The van der Waals surface area contributed by atoms with Crippen LogP contribution < -0.4 is 0 Å². The second kappa shape index (κ2) is 5.91. The Morgan fingerprint density at radius 1 is 1.00 bits per heavy atom. The SMILES string of the molecule is O=S(=O)(Cc1cccc(-n2cccn2)c1)c1ccc2c(c1)CCC2. The fourth-order valence-corrected chi connectivity index (χ4v) is 4.64. The molecule has 2 aromatic carbocycles. The molecule has 24 heavy (non-hydrogen) atoms. The number of aromatic nitrogens is 2. The second-order valence-corrected chi connectivity index (χ2v) is 8.15. The van der Waals surface area contributed by atoms with Crippen molar-refractivity contribution in [2.45, 2.75) is 29.9 Å². The van der Waals surface area contributed by atoms with Crippen molar-refractivity contribution in [1.29, 1.82) is 0 Å². The number of hydrogen-bond acceptors (Lipinski definition) is 3. The summed E-state index contributed by atoms with van der Waals surface area (Å²) < 4.78 is 27.3. The van der Waals surface area contributed by atoms with E-state index in [1.165, 1.54) is 11.1 Å². The molecule has 0 aliphatic heterocycles. The minimum Gasteiger partial charge on any atom is -0.241 e. The lowest BCUT2D eigenvalue weighted by atomic mass is 10.1. The molecule has 122 valence electrons. The molecule has 0 bridgehead atoms. The summed E-state index contributed by atoms with van der Waals surface area (Å²) in [5, 5.41) is 4.19. The molecule has 3 aromatic rings. The van der Waals surface area contributed by atoms with E-state index in [2.05, 4.69) is 5.10 Å². The molecule has 0 radical (unpaired) electrons. The lowest BCUT2D eigenvalue weighted by Crippen LogP contribution is -2.06. The van der Waals surface area contributed by atoms with Crippen molar-refractivity contribution in [3.63, 3.8) is 0 Å². The number of fused-ring (bicyclic) bond motifs is 1. The zero-order valence-electron chi connectivity index (χ0n) is 13.2. The molecule has 0 saturated carbocycles. The summed E-state index contributed by atoms with van der Waals surface area (Å²) >= 11 is 0. The van der Waals surface area contributed by atoms with E-state index in [1.54, 1.807) is 16.9 Å². The van der Waals surface area contributed by atoms with E-state index in [0.717, 1.165) is 30.5 Å². The molecule has 1 aromatic heterocycles. The molecule has 1 aliphatic carbocycles. The Kier molecular flexibility index (Phi) is 3.73. The fourth-order valence-electron chi connectivity index (χ4n) is 3.25. The molecule has 5 heteroatoms. The molecule has 1 heterocycles. The van der Waals surface area contributed by atoms with Crippen molar-refractivity contribution in [2.24, 2.45) is 0 Å². The van der Waals surface area contributed by atoms with E-state index in [-0.39, 0.29) is 5.75 Å². The molecule has 0 spiro atoms. The van der Waals surface area contributed by atoms with Gasteiger partial charge in [-0.05, 0) is 66.3 Å². The lowest BCUT2D eigenvalue weighted by molar-refractivity contribution is 0.595. The van der Waals surface area contributed by atoms with Crippen LogP contribution in [0, 0.1) is 0 Å². The van der Waals surface area contributed by atoms with Crippen LogP contribution in [-0.2, 0) is 28.4 Å². The molecule has 0 N–H and O–H groups in total. The molecular formula is C19H18N2O2S. The van der Waals surface area contributed by atoms with Crippen molar-refractivity contribution in [2.75, 3.05) is 0 Å². The maximum absolute atomic E-state index is 12.8. The van der Waals surface area contributed by atoms with Gasteiger partial charge in [-0.1, -0.05) is 18.2 Å². The number of hydrogen-bond donors (Lipinski definition) is 0. The zero-order chi connectivity index (χ0) is 16.6. The molecule has 4 rings (SSSR count). The first-order chi connectivity index (χ1) is 11.6. The largest absolute Gasteiger partial charge is 0.241 e. The Bertz CT molecular complexity index is 976. The standard InChI is InChI=1S/C19H18N2O2S/c22-24(23,19-9-8-16-5-2-6-17(16)13-19)14-15-4-1-7-18(12-15)21-11-3-10-20-21/h1,3-4,7-13H,2,5-6,14H2. The normalized spacial score (nSPS) is 13.8. The average Bonchev–Trinajstić information content (AvgIpc) is 3.25. The predicted octanol–water partition coefficient (Wildman–Crippen LogP) is 3.33. The third-order valence-electron chi connectivity index (χ3n) is 4.47. The Morgan fingerprint density at radius 3 is 2.71 bits per heavy atom. The third kappa shape index (κ3) is 2.87. The maximum Gasteiger partial charge on any atom is 0.182 e. The minimum absolute atomic E-state index is 0.000888. The van der Waals surface area contributed by atoms with Crippen LogP contribution in [0.4, 0.5) is 0 Å². The van der Waals surface area contributed by atoms with Gasteiger partial charge in [0.25, 0.3) is 0 Å². The van der Waals surface area contributed by atoms with Crippen molar-refractivity contribution in [3.05, 3.63) is 77.6 Å². The zero-order valence-corrected chi connectivity index (χ0v) is 14.0. The first kappa shape index (κ1) is 15.1. The van der Waals surface area contributed by atoms with Crippen LogP contribution in [0.2, 0.25) is 0 Å². The first-order valence-electron chi connectivity index (χ1n) is 8.05. The molecule has 0 unspecified atom stereocenters. The van der Waals surface area contributed by atoms with Gasteiger partial charge in [0.15, 0.2) is 9.84 Å². The average molecular weight is 338 g/mol. The summed E-state index contributed by atoms with van der Waals surface area (Å²) in [6.45, 7) is 0. The van der Waals surface area contributed by atoms with Gasteiger partial charge in [-0.3, -0.25) is 0 Å². The van der Waals surface area contributed by atoms with Gasteiger partial charge in [-0.15, -0.1) is 0 Å². The smallest absolute Gasteiger partial charge is 0.182 e. The summed E-state index contributed by atoms with van der Waals surface area (Å²) in [6.07, 6.45) is 6.70. The summed E-state index contributed by atoms with van der Waals surface area (Å²) in [4.78, 5) is 0.424. The summed E-state index contributed by atoms with van der Waals surface area (Å²) in [5.74, 6) is 0.000888. The van der Waals surface area contributed by atoms with Crippen LogP contribution in [0.1, 0.15) is 23.1 Å². The quantitative estimate of drug-likeness (QED) is 0.733. The molecule has 1 aliphatic rings. The highest BCUT2D eigenvalue weighted by Gasteiger charge is 2.19. The van der Waals surface area contributed by atoms with Crippen molar-refractivity contribution in [3.8, 4) is 5.69 Å². The van der Waals surface area contributed by atoms with E-state index in [0.29, 0.717) is 4.90 Å². The van der Waals surface area contributed by atoms with E-state index in [1.807, 2.05) is 48.7 Å². The predicted molar refractivity (Wildman–Crippen MR) is 92.9 cm³/mol. The Labute approximate surface area is 141 Å². The van der Waals surface area contributed by atoms with Crippen LogP contribution in [0.25, 0.3) is 5.69 Å². The Hall–Kier alpha value is -2.40. The number of aryl methyl sites for hydroxylation is 2. The van der Waals surface area contributed by atoms with E-state index < -0.39 is 9.84 Å². The van der Waals surface area contributed by atoms with Gasteiger partial charge >= 0.3 is 0 Å². The van der Waals surface area contributed by atoms with E-state index in [4.69, 9.17) is 0 Å². The summed E-state index contributed by atoms with van der Waals surface area (Å²) in [5.41, 5.74) is 4.10. The van der Waals surface area contributed by atoms with Gasteiger partial charge in [0.1, 0.15) is 0 Å². The van der Waals surface area contributed by atoms with Gasteiger partial charge in [0.05, 0.1) is 16.3 Å². The van der Waals surface area contributed by atoms with Crippen molar-refractivity contribution in [1.82, 2.24) is 9.78 Å². The summed E-state index contributed by atoms with van der Waals surface area (Å²) in [6, 6.07) is 14.9. The van der Waals surface area contributed by atoms with Crippen molar-refractivity contribution >= 4 is 9.84 Å². The highest BCUT2D eigenvalue weighted by atomic mass is 32.2. The van der Waals surface area contributed by atoms with Crippen LogP contribution in [0.3, 0.4) is 0 Å². The molecule has 4 nitrogen and oxygen atoms in total. The summed E-state index contributed by atoms with van der Waals surface area (Å²) in [7, 11) is -3.35. The van der Waals surface area contributed by atoms with Gasteiger partial charge in [-0.25, -0.2) is 13.1 Å². The highest BCUT2D eigenvalue weighted by molar-refractivity contribution is 7.90. The monoisotopic (exact) mass is 338 g/mol. The molecule has 0 atom stereocenters. The van der Waals surface area contributed by atoms with Gasteiger partial charge in [0, 0.05) is 12.4 Å². The number of benzene rings is 2. The molecule has 0 saturated heterocycles. The van der Waals surface area contributed by atoms with Gasteiger partial charge < -0.3 is 0 Å². The third-order valence-corrected chi connectivity index (χ3v) is 6.15. The fraction of sp³-hybridized carbons (Fsp3) is 0.211. The lowest BCUT2D eigenvalue weighted by Gasteiger charge is -2.09. The van der Waals surface area contributed by atoms with Crippen molar-refractivity contribution < 1.29 is 8.42 Å². The van der Waals surface area contributed by atoms with Crippen LogP contribution >= 0.6 is 0 Å². The maximum atomic E-state index is 12.8. The molecule has 0 amide bonds. The minimum atomic E-state index is -3.35.